The minimum absolute atomic E-state index is 0.185. The van der Waals surface area contributed by atoms with Crippen LogP contribution in [-0.2, 0) is 18.3 Å². The molecule has 1 N–H and O–H groups in total. The van der Waals surface area contributed by atoms with Crippen molar-refractivity contribution in [2.45, 2.75) is 32.4 Å². The molecule has 4 rings (SSSR count). The number of aromatic nitrogens is 3. The fourth-order valence-electron chi connectivity index (χ4n) is 3.90. The predicted octanol–water partition coefficient (Wildman–Crippen LogP) is 1.85. The molecular formula is C21H29F2N7O. The number of guanidine groups is 1. The Morgan fingerprint density at radius 1 is 1.23 bits per heavy atom. The summed E-state index contributed by atoms with van der Waals surface area (Å²) in [5, 5.41) is 11.7. The molecule has 2 saturated heterocycles. The molecule has 8 nitrogen and oxygen atoms in total. The molecule has 3 heterocycles. The van der Waals surface area contributed by atoms with Crippen LogP contribution in [0.15, 0.2) is 23.2 Å². The summed E-state index contributed by atoms with van der Waals surface area (Å²) in [6.45, 7) is 6.24. The lowest BCUT2D eigenvalue weighted by atomic mass is 10.2. The topological polar surface area (TPSA) is 70.8 Å². The number of halogens is 2. The number of nitrogens with one attached hydrogen (secondary N) is 1. The van der Waals surface area contributed by atoms with E-state index >= 15 is 0 Å². The summed E-state index contributed by atoms with van der Waals surface area (Å²) in [5.74, 6) is 1.56. The first-order chi connectivity index (χ1) is 15.0. The van der Waals surface area contributed by atoms with Crippen LogP contribution >= 0.6 is 0 Å². The van der Waals surface area contributed by atoms with E-state index in [-0.39, 0.29) is 6.10 Å². The third-order valence-corrected chi connectivity index (χ3v) is 5.89. The van der Waals surface area contributed by atoms with Gasteiger partial charge in [0, 0.05) is 52.4 Å². The number of aliphatic imine (C=N–C) groups is 1. The Hall–Kier alpha value is -2.75. The summed E-state index contributed by atoms with van der Waals surface area (Å²) in [5.41, 5.74) is 0.306. The Morgan fingerprint density at radius 2 is 2.03 bits per heavy atom. The van der Waals surface area contributed by atoms with Crippen LogP contribution in [-0.4, -0.2) is 71.1 Å². The van der Waals surface area contributed by atoms with Gasteiger partial charge in [-0.15, -0.1) is 10.2 Å². The van der Waals surface area contributed by atoms with E-state index in [0.717, 1.165) is 43.1 Å². The maximum Gasteiger partial charge on any atom is 0.194 e. The van der Waals surface area contributed by atoms with Gasteiger partial charge in [0.1, 0.15) is 24.0 Å². The minimum atomic E-state index is -0.432. The van der Waals surface area contributed by atoms with Gasteiger partial charge >= 0.3 is 0 Å². The summed E-state index contributed by atoms with van der Waals surface area (Å²) in [6.07, 6.45) is 2.30. The van der Waals surface area contributed by atoms with Crippen LogP contribution in [0.4, 0.5) is 14.5 Å². The number of nitrogens with zero attached hydrogens (tertiary/aromatic N) is 6. The smallest absolute Gasteiger partial charge is 0.194 e. The molecule has 1 unspecified atom stereocenters. The van der Waals surface area contributed by atoms with E-state index < -0.39 is 11.6 Å². The summed E-state index contributed by atoms with van der Waals surface area (Å²) >= 11 is 0. The molecule has 2 fully saturated rings. The van der Waals surface area contributed by atoms with E-state index in [2.05, 4.69) is 20.4 Å². The van der Waals surface area contributed by atoms with E-state index in [1.165, 1.54) is 12.1 Å². The highest BCUT2D eigenvalue weighted by atomic mass is 19.1. The first-order valence-electron chi connectivity index (χ1n) is 10.7. The van der Waals surface area contributed by atoms with E-state index in [9.17, 15) is 8.78 Å². The van der Waals surface area contributed by atoms with Crippen molar-refractivity contribution in [2.75, 3.05) is 44.2 Å². The van der Waals surface area contributed by atoms with Crippen molar-refractivity contribution in [1.82, 2.24) is 25.0 Å². The van der Waals surface area contributed by atoms with Gasteiger partial charge in [-0.25, -0.2) is 13.8 Å². The largest absolute Gasteiger partial charge is 0.376 e. The Balaban J connectivity index is 1.44. The van der Waals surface area contributed by atoms with Crippen molar-refractivity contribution in [2.24, 2.45) is 12.0 Å². The molecule has 0 aliphatic carbocycles. The van der Waals surface area contributed by atoms with Crippen molar-refractivity contribution in [3.8, 4) is 0 Å². The zero-order valence-corrected chi connectivity index (χ0v) is 18.0. The van der Waals surface area contributed by atoms with E-state index in [1.807, 2.05) is 23.4 Å². The van der Waals surface area contributed by atoms with Crippen molar-refractivity contribution in [3.05, 3.63) is 41.5 Å². The average molecular weight is 434 g/mol. The van der Waals surface area contributed by atoms with Crippen LogP contribution < -0.4 is 10.2 Å². The number of ether oxygens (including phenoxy) is 1. The molecule has 0 bridgehead atoms. The van der Waals surface area contributed by atoms with E-state index in [0.29, 0.717) is 45.0 Å². The van der Waals surface area contributed by atoms with Gasteiger partial charge in [0.15, 0.2) is 11.8 Å². The lowest BCUT2D eigenvalue weighted by Gasteiger charge is -2.38. The molecule has 2 aliphatic rings. The highest BCUT2D eigenvalue weighted by molar-refractivity contribution is 5.80. The number of anilines is 1. The van der Waals surface area contributed by atoms with Crippen molar-refractivity contribution in [3.63, 3.8) is 0 Å². The van der Waals surface area contributed by atoms with Crippen LogP contribution in [0.2, 0.25) is 0 Å². The second-order valence-electron chi connectivity index (χ2n) is 7.95. The fraction of sp³-hybridized carbons (Fsp3) is 0.571. The number of hydrogen-bond acceptors (Lipinski definition) is 5. The molecule has 0 spiro atoms. The molecule has 168 valence electrons. The molecule has 1 aromatic carbocycles. The summed E-state index contributed by atoms with van der Waals surface area (Å²) in [4.78, 5) is 8.80. The first-order valence-corrected chi connectivity index (χ1v) is 10.7. The van der Waals surface area contributed by atoms with E-state index in [1.54, 1.807) is 0 Å². The zero-order valence-electron chi connectivity index (χ0n) is 18.0. The van der Waals surface area contributed by atoms with Crippen molar-refractivity contribution in [1.29, 1.82) is 0 Å². The molecule has 0 radical (unpaired) electrons. The van der Waals surface area contributed by atoms with Crippen LogP contribution in [0.5, 0.6) is 0 Å². The summed E-state index contributed by atoms with van der Waals surface area (Å²) in [6, 6.07) is 3.57. The normalized spacial score (nSPS) is 19.9. The Bertz CT molecular complexity index is 918. The lowest BCUT2D eigenvalue weighted by Crippen LogP contribution is -2.53. The number of rotatable bonds is 5. The molecule has 0 amide bonds. The molecule has 10 heteroatoms. The van der Waals surface area contributed by atoms with Crippen LogP contribution in [0.3, 0.4) is 0 Å². The quantitative estimate of drug-likeness (QED) is 0.573. The Labute approximate surface area is 180 Å². The Kier molecular flexibility index (Phi) is 6.64. The standard InChI is InChI=1S/C21H29F2N7O/c1-15-26-27-20(28(15)2)14-25-21(24-13-17-4-3-11-31-17)30-9-7-29(8-10-30)19-12-16(22)5-6-18(19)23/h5-6,12,17H,3-4,7-11,13-14H2,1-2H3,(H,24,25). The minimum Gasteiger partial charge on any atom is -0.376 e. The summed E-state index contributed by atoms with van der Waals surface area (Å²) < 4.78 is 35.4. The maximum absolute atomic E-state index is 14.2. The Morgan fingerprint density at radius 3 is 2.71 bits per heavy atom. The van der Waals surface area contributed by atoms with Crippen LogP contribution in [0.25, 0.3) is 0 Å². The SMILES string of the molecule is Cc1nnc(CN=C(NCC2CCCO2)N2CCN(c3cc(F)ccc3F)CC2)n1C. The van der Waals surface area contributed by atoms with Gasteiger partial charge in [-0.3, -0.25) is 0 Å². The summed E-state index contributed by atoms with van der Waals surface area (Å²) in [7, 11) is 1.92. The second-order valence-corrected chi connectivity index (χ2v) is 7.95. The van der Waals surface area contributed by atoms with Gasteiger partial charge in [-0.05, 0) is 31.9 Å². The van der Waals surface area contributed by atoms with Crippen LogP contribution in [0, 0.1) is 18.6 Å². The maximum atomic E-state index is 14.2. The monoisotopic (exact) mass is 433 g/mol. The number of benzene rings is 1. The second kappa shape index (κ2) is 9.59. The zero-order chi connectivity index (χ0) is 21.8. The molecule has 0 saturated carbocycles. The molecule has 31 heavy (non-hydrogen) atoms. The highest BCUT2D eigenvalue weighted by Crippen LogP contribution is 2.22. The van der Waals surface area contributed by atoms with Crippen molar-refractivity contribution >= 4 is 11.6 Å². The molecular weight excluding hydrogens is 404 g/mol. The van der Waals surface area contributed by atoms with Gasteiger partial charge in [0.05, 0.1) is 11.8 Å². The number of aryl methyl sites for hydroxylation is 1. The lowest BCUT2D eigenvalue weighted by molar-refractivity contribution is 0.113. The predicted molar refractivity (Wildman–Crippen MR) is 114 cm³/mol. The van der Waals surface area contributed by atoms with Gasteiger partial charge < -0.3 is 24.4 Å². The van der Waals surface area contributed by atoms with Gasteiger partial charge in [0.25, 0.3) is 0 Å². The molecule has 2 aliphatic heterocycles. The van der Waals surface area contributed by atoms with Gasteiger partial charge in [-0.2, -0.15) is 0 Å². The third-order valence-electron chi connectivity index (χ3n) is 5.89. The third kappa shape index (κ3) is 5.12. The number of piperazine rings is 1. The van der Waals surface area contributed by atoms with Gasteiger partial charge in [-0.1, -0.05) is 0 Å². The fourth-order valence-corrected chi connectivity index (χ4v) is 3.90. The van der Waals surface area contributed by atoms with Gasteiger partial charge in [0.2, 0.25) is 0 Å². The van der Waals surface area contributed by atoms with Crippen molar-refractivity contribution < 1.29 is 13.5 Å². The molecule has 1 aromatic heterocycles. The number of hydrogen-bond donors (Lipinski definition) is 1. The van der Waals surface area contributed by atoms with Crippen LogP contribution in [0.1, 0.15) is 24.5 Å². The highest BCUT2D eigenvalue weighted by Gasteiger charge is 2.24. The first kappa shape index (κ1) is 21.5. The average Bonchev–Trinajstić information content (AvgIpc) is 3.41. The molecule has 1 atom stereocenters. The molecule has 2 aromatic rings. The van der Waals surface area contributed by atoms with E-state index in [4.69, 9.17) is 9.73 Å².